The molecule has 31 heavy (non-hydrogen) atoms. The van der Waals surface area contributed by atoms with Gasteiger partial charge in [0.15, 0.2) is 28.8 Å². The summed E-state index contributed by atoms with van der Waals surface area (Å²) >= 11 is 0. The summed E-state index contributed by atoms with van der Waals surface area (Å²) in [5.74, 6) is 2.67. The molecule has 1 aliphatic rings. The first-order chi connectivity index (χ1) is 15.0. The Hall–Kier alpha value is -3.25. The molecule has 6 nitrogen and oxygen atoms in total. The molecule has 0 spiro atoms. The molecule has 0 unspecified atom stereocenters. The number of ketones is 1. The lowest BCUT2D eigenvalue weighted by molar-refractivity contribution is -0.889. The van der Waals surface area contributed by atoms with Crippen LogP contribution in [0.2, 0.25) is 0 Å². The minimum Gasteiger partial charge on any atom is -0.493 e. The monoisotopic (exact) mass is 424 g/mol. The third-order valence-corrected chi connectivity index (χ3v) is 5.46. The van der Waals surface area contributed by atoms with Crippen LogP contribution >= 0.6 is 0 Å². The standard InChI is InChI=1S/C25H29NO5/c1-6-26-15-19(11-17-7-9-21(28-2)23(13-17)30-4)25(27)20(16-26)12-18-8-10-22(29-3)24(14-18)31-5/h7-14H,6,15-16H2,1-5H3/p+1/b19-11+,20-12+. The number of nitrogens with one attached hydrogen (secondary N) is 1. The van der Waals surface area contributed by atoms with Crippen LogP contribution in [0.1, 0.15) is 18.1 Å². The normalized spacial score (nSPS) is 18.9. The molecule has 0 radical (unpaired) electrons. The highest BCUT2D eigenvalue weighted by Crippen LogP contribution is 2.30. The predicted molar refractivity (Wildman–Crippen MR) is 121 cm³/mol. The van der Waals surface area contributed by atoms with Gasteiger partial charge in [0.25, 0.3) is 0 Å². The summed E-state index contributed by atoms with van der Waals surface area (Å²) in [6, 6.07) is 11.3. The number of benzene rings is 2. The third-order valence-electron chi connectivity index (χ3n) is 5.46. The summed E-state index contributed by atoms with van der Waals surface area (Å²) in [5, 5.41) is 0. The van der Waals surface area contributed by atoms with E-state index >= 15 is 0 Å². The summed E-state index contributed by atoms with van der Waals surface area (Å²) in [4.78, 5) is 14.6. The van der Waals surface area contributed by atoms with Crippen LogP contribution in [0, 0.1) is 0 Å². The number of likely N-dealkylation sites (tertiary alicyclic amines) is 1. The Morgan fingerprint density at radius 2 is 1.16 bits per heavy atom. The summed E-state index contributed by atoms with van der Waals surface area (Å²) in [7, 11) is 6.42. The Labute approximate surface area is 183 Å². The second kappa shape index (κ2) is 10.2. The Kier molecular flexibility index (Phi) is 7.36. The zero-order valence-electron chi connectivity index (χ0n) is 18.8. The highest BCUT2D eigenvalue weighted by atomic mass is 16.5. The van der Waals surface area contributed by atoms with Crippen LogP contribution in [0.4, 0.5) is 0 Å². The van der Waals surface area contributed by atoms with Gasteiger partial charge in [-0.2, -0.15) is 0 Å². The van der Waals surface area contributed by atoms with Gasteiger partial charge < -0.3 is 23.8 Å². The quantitative estimate of drug-likeness (QED) is 0.693. The lowest BCUT2D eigenvalue weighted by Crippen LogP contribution is -3.13. The Morgan fingerprint density at radius 3 is 1.52 bits per heavy atom. The average Bonchev–Trinajstić information content (AvgIpc) is 2.81. The van der Waals surface area contributed by atoms with Crippen LogP contribution in [0.5, 0.6) is 23.0 Å². The van der Waals surface area contributed by atoms with Gasteiger partial charge in [0.1, 0.15) is 13.1 Å². The van der Waals surface area contributed by atoms with Crippen LogP contribution in [0.3, 0.4) is 0 Å². The fourth-order valence-electron chi connectivity index (χ4n) is 3.74. The van der Waals surface area contributed by atoms with E-state index in [0.29, 0.717) is 36.1 Å². The van der Waals surface area contributed by atoms with Crippen molar-refractivity contribution in [1.82, 2.24) is 0 Å². The molecule has 1 aliphatic heterocycles. The van der Waals surface area contributed by atoms with E-state index in [2.05, 4.69) is 6.92 Å². The van der Waals surface area contributed by atoms with Crippen molar-refractivity contribution in [2.45, 2.75) is 6.92 Å². The Balaban J connectivity index is 1.96. The number of Topliss-reactive ketones (excluding diaryl/α,β-unsaturated/α-hetero) is 1. The maximum absolute atomic E-state index is 13.3. The number of ether oxygens (including phenoxy) is 4. The molecule has 1 saturated heterocycles. The number of methoxy groups -OCH3 is 4. The number of carbonyl (C=O) groups is 1. The number of rotatable bonds is 7. The van der Waals surface area contributed by atoms with Gasteiger partial charge in [-0.05, 0) is 54.5 Å². The van der Waals surface area contributed by atoms with Crippen LogP contribution < -0.4 is 23.8 Å². The largest absolute Gasteiger partial charge is 0.493 e. The summed E-state index contributed by atoms with van der Waals surface area (Å²) in [6.45, 7) is 4.44. The van der Waals surface area contributed by atoms with Crippen molar-refractivity contribution < 1.29 is 28.6 Å². The zero-order valence-corrected chi connectivity index (χ0v) is 18.8. The molecular formula is C25H30NO5+. The maximum atomic E-state index is 13.3. The molecule has 0 amide bonds. The second-order valence-corrected chi connectivity index (χ2v) is 7.35. The highest BCUT2D eigenvalue weighted by Gasteiger charge is 2.28. The van der Waals surface area contributed by atoms with Crippen LogP contribution in [0.15, 0.2) is 47.5 Å². The van der Waals surface area contributed by atoms with E-state index in [1.807, 2.05) is 48.6 Å². The van der Waals surface area contributed by atoms with E-state index in [9.17, 15) is 4.79 Å². The van der Waals surface area contributed by atoms with Gasteiger partial charge in [-0.25, -0.2) is 0 Å². The number of likely N-dealkylation sites (N-methyl/N-ethyl adjacent to an activating group) is 1. The Bertz CT molecular complexity index is 931. The number of hydrogen-bond donors (Lipinski definition) is 1. The van der Waals surface area contributed by atoms with Gasteiger partial charge in [0.2, 0.25) is 0 Å². The van der Waals surface area contributed by atoms with Gasteiger partial charge in [-0.3, -0.25) is 4.79 Å². The van der Waals surface area contributed by atoms with E-state index < -0.39 is 0 Å². The van der Waals surface area contributed by atoms with E-state index in [1.54, 1.807) is 28.4 Å². The average molecular weight is 425 g/mol. The van der Waals surface area contributed by atoms with Crippen molar-refractivity contribution in [2.24, 2.45) is 0 Å². The lowest BCUT2D eigenvalue weighted by Gasteiger charge is -2.26. The molecule has 1 heterocycles. The molecule has 1 N–H and O–H groups in total. The van der Waals surface area contributed by atoms with Gasteiger partial charge in [-0.1, -0.05) is 12.1 Å². The first-order valence-corrected chi connectivity index (χ1v) is 10.3. The second-order valence-electron chi connectivity index (χ2n) is 7.35. The van der Waals surface area contributed by atoms with Gasteiger partial charge in [0.05, 0.1) is 46.1 Å². The molecule has 0 bridgehead atoms. The minimum absolute atomic E-state index is 0.0711. The van der Waals surface area contributed by atoms with Crippen LogP contribution in [0.25, 0.3) is 12.2 Å². The van der Waals surface area contributed by atoms with Crippen LogP contribution in [-0.4, -0.2) is 53.9 Å². The van der Waals surface area contributed by atoms with Crippen molar-refractivity contribution in [3.8, 4) is 23.0 Å². The zero-order chi connectivity index (χ0) is 22.4. The highest BCUT2D eigenvalue weighted by molar-refractivity contribution is 6.14. The smallest absolute Gasteiger partial charge is 0.196 e. The van der Waals surface area contributed by atoms with Crippen LogP contribution in [-0.2, 0) is 4.79 Å². The minimum atomic E-state index is 0.0711. The molecular weight excluding hydrogens is 394 g/mol. The molecule has 0 saturated carbocycles. The molecule has 6 heteroatoms. The fraction of sp³-hybridized carbons (Fsp3) is 0.320. The predicted octanol–water partition coefficient (Wildman–Crippen LogP) is 2.68. The van der Waals surface area contributed by atoms with E-state index in [-0.39, 0.29) is 5.78 Å². The summed E-state index contributed by atoms with van der Waals surface area (Å²) < 4.78 is 21.4. The Morgan fingerprint density at radius 1 is 0.742 bits per heavy atom. The first-order valence-electron chi connectivity index (χ1n) is 10.3. The number of carbonyl (C=O) groups excluding carboxylic acids is 1. The molecule has 0 aromatic heterocycles. The third kappa shape index (κ3) is 5.09. The van der Waals surface area contributed by atoms with E-state index in [1.165, 1.54) is 4.90 Å². The molecule has 164 valence electrons. The van der Waals surface area contributed by atoms with Gasteiger partial charge in [-0.15, -0.1) is 0 Å². The van der Waals surface area contributed by atoms with Crippen molar-refractivity contribution in [3.05, 3.63) is 58.7 Å². The number of quaternary nitrogens is 1. The van der Waals surface area contributed by atoms with Crippen molar-refractivity contribution in [2.75, 3.05) is 48.1 Å². The SMILES string of the molecule is CC[NH+]1C/C(=C\c2ccc(OC)c(OC)c2)C(=O)/C(=C/c2ccc(OC)c(OC)c2)C1. The molecule has 3 rings (SSSR count). The summed E-state index contributed by atoms with van der Waals surface area (Å²) in [5.41, 5.74) is 3.37. The molecule has 0 aliphatic carbocycles. The molecule has 2 aromatic carbocycles. The summed E-state index contributed by atoms with van der Waals surface area (Å²) in [6.07, 6.45) is 3.89. The molecule has 0 atom stereocenters. The molecule has 1 fully saturated rings. The van der Waals surface area contributed by atoms with Crippen molar-refractivity contribution in [1.29, 1.82) is 0 Å². The number of piperidine rings is 1. The van der Waals surface area contributed by atoms with E-state index in [0.717, 1.165) is 28.8 Å². The maximum Gasteiger partial charge on any atom is 0.196 e. The lowest BCUT2D eigenvalue weighted by atomic mass is 9.94. The molecule has 2 aromatic rings. The first kappa shape index (κ1) is 22.4. The van der Waals surface area contributed by atoms with Gasteiger partial charge >= 0.3 is 0 Å². The fourth-order valence-corrected chi connectivity index (χ4v) is 3.74. The van der Waals surface area contributed by atoms with Crippen molar-refractivity contribution >= 4 is 17.9 Å². The topological polar surface area (TPSA) is 58.4 Å². The number of hydrogen-bond acceptors (Lipinski definition) is 5. The van der Waals surface area contributed by atoms with Gasteiger partial charge in [0, 0.05) is 0 Å². The van der Waals surface area contributed by atoms with E-state index in [4.69, 9.17) is 18.9 Å². The van der Waals surface area contributed by atoms with Crippen molar-refractivity contribution in [3.63, 3.8) is 0 Å².